The molecule has 2 N–H and O–H groups in total. The fraction of sp³-hybridized carbons (Fsp3) is 0.267. The van der Waals surface area contributed by atoms with E-state index < -0.39 is 10.0 Å². The molecule has 118 valence electrons. The summed E-state index contributed by atoms with van der Waals surface area (Å²) < 4.78 is 25.1. The molecule has 0 saturated heterocycles. The Morgan fingerprint density at radius 3 is 2.41 bits per heavy atom. The SMILES string of the molecule is CCc1sc(C(=O)Nc2ccccc2NS(C)(=O)=O)cc1C. The third kappa shape index (κ3) is 4.08. The molecule has 1 aromatic heterocycles. The smallest absolute Gasteiger partial charge is 0.265 e. The number of amides is 1. The van der Waals surface area contributed by atoms with Crippen molar-refractivity contribution < 1.29 is 13.2 Å². The Hall–Kier alpha value is -1.86. The van der Waals surface area contributed by atoms with Crippen LogP contribution in [0, 0.1) is 6.92 Å². The molecule has 1 amide bonds. The minimum absolute atomic E-state index is 0.240. The van der Waals surface area contributed by atoms with Gasteiger partial charge < -0.3 is 5.32 Å². The Kier molecular flexibility index (Phi) is 4.87. The van der Waals surface area contributed by atoms with Gasteiger partial charge in [0.05, 0.1) is 22.5 Å². The standard InChI is InChI=1S/C15H18N2O3S2/c1-4-13-10(2)9-14(21-13)15(18)16-11-7-5-6-8-12(11)17-22(3,19)20/h5-9,17H,4H2,1-3H3,(H,16,18). The van der Waals surface area contributed by atoms with Gasteiger partial charge in [0.1, 0.15) is 0 Å². The van der Waals surface area contributed by atoms with Crippen LogP contribution < -0.4 is 10.0 Å². The van der Waals surface area contributed by atoms with E-state index in [1.807, 2.05) is 19.9 Å². The third-order valence-corrected chi connectivity index (χ3v) is 5.01. The van der Waals surface area contributed by atoms with Gasteiger partial charge in [-0.15, -0.1) is 11.3 Å². The van der Waals surface area contributed by atoms with Crippen molar-refractivity contribution >= 4 is 38.6 Å². The summed E-state index contributed by atoms with van der Waals surface area (Å²) in [6.07, 6.45) is 1.96. The van der Waals surface area contributed by atoms with Crippen LogP contribution in [-0.2, 0) is 16.4 Å². The molecule has 1 aromatic carbocycles. The Morgan fingerprint density at radius 1 is 1.23 bits per heavy atom. The average molecular weight is 338 g/mol. The fourth-order valence-corrected chi connectivity index (χ4v) is 3.63. The molecule has 0 atom stereocenters. The van der Waals surface area contributed by atoms with E-state index in [1.165, 1.54) is 16.2 Å². The molecule has 0 aliphatic rings. The van der Waals surface area contributed by atoms with E-state index in [-0.39, 0.29) is 5.91 Å². The number of benzene rings is 1. The Morgan fingerprint density at radius 2 is 1.86 bits per heavy atom. The van der Waals surface area contributed by atoms with Crippen molar-refractivity contribution in [3.63, 3.8) is 0 Å². The number of anilines is 2. The zero-order valence-electron chi connectivity index (χ0n) is 12.6. The van der Waals surface area contributed by atoms with Crippen LogP contribution >= 0.6 is 11.3 Å². The summed E-state index contributed by atoms with van der Waals surface area (Å²) in [6.45, 7) is 4.02. The predicted octanol–water partition coefficient (Wildman–Crippen LogP) is 3.24. The van der Waals surface area contributed by atoms with Crippen LogP contribution in [0.1, 0.15) is 27.0 Å². The van der Waals surface area contributed by atoms with E-state index in [2.05, 4.69) is 10.0 Å². The van der Waals surface area contributed by atoms with Crippen LogP contribution in [0.5, 0.6) is 0 Å². The van der Waals surface area contributed by atoms with Crippen molar-refractivity contribution in [2.45, 2.75) is 20.3 Å². The number of hydrogen-bond donors (Lipinski definition) is 2. The quantitative estimate of drug-likeness (QED) is 0.879. The highest BCUT2D eigenvalue weighted by Gasteiger charge is 2.14. The van der Waals surface area contributed by atoms with E-state index in [9.17, 15) is 13.2 Å². The predicted molar refractivity (Wildman–Crippen MR) is 91.3 cm³/mol. The summed E-state index contributed by atoms with van der Waals surface area (Å²) in [5, 5.41) is 2.76. The molecular weight excluding hydrogens is 320 g/mol. The molecule has 7 heteroatoms. The van der Waals surface area contributed by atoms with Gasteiger partial charge in [0.2, 0.25) is 10.0 Å². The van der Waals surface area contributed by atoms with Crippen molar-refractivity contribution in [1.82, 2.24) is 0 Å². The molecule has 0 aliphatic carbocycles. The molecule has 2 rings (SSSR count). The van der Waals surface area contributed by atoms with Crippen LogP contribution in [0.15, 0.2) is 30.3 Å². The summed E-state index contributed by atoms with van der Waals surface area (Å²) in [6, 6.07) is 8.56. The molecule has 0 aliphatic heterocycles. The van der Waals surface area contributed by atoms with Crippen LogP contribution in [-0.4, -0.2) is 20.6 Å². The summed E-state index contributed by atoms with van der Waals surface area (Å²) >= 11 is 1.46. The minimum atomic E-state index is -3.41. The van der Waals surface area contributed by atoms with Crippen molar-refractivity contribution in [2.24, 2.45) is 0 Å². The van der Waals surface area contributed by atoms with Crippen molar-refractivity contribution in [3.05, 3.63) is 45.6 Å². The zero-order valence-corrected chi connectivity index (χ0v) is 14.3. The molecule has 0 saturated carbocycles. The van der Waals surface area contributed by atoms with Gasteiger partial charge in [0, 0.05) is 4.88 Å². The van der Waals surface area contributed by atoms with Gasteiger partial charge in [-0.1, -0.05) is 19.1 Å². The highest BCUT2D eigenvalue weighted by Crippen LogP contribution is 2.26. The van der Waals surface area contributed by atoms with Crippen molar-refractivity contribution in [2.75, 3.05) is 16.3 Å². The lowest BCUT2D eigenvalue weighted by molar-refractivity contribution is 0.103. The van der Waals surface area contributed by atoms with Gasteiger partial charge in [0.15, 0.2) is 0 Å². The molecule has 0 radical (unpaired) electrons. The fourth-order valence-electron chi connectivity index (χ4n) is 2.05. The molecule has 0 unspecified atom stereocenters. The number of para-hydroxylation sites is 2. The molecule has 2 aromatic rings. The maximum Gasteiger partial charge on any atom is 0.265 e. The van der Waals surface area contributed by atoms with Crippen LogP contribution in [0.2, 0.25) is 0 Å². The lowest BCUT2D eigenvalue weighted by Gasteiger charge is -2.11. The van der Waals surface area contributed by atoms with Gasteiger partial charge in [-0.3, -0.25) is 9.52 Å². The van der Waals surface area contributed by atoms with Crippen LogP contribution in [0.3, 0.4) is 0 Å². The molecule has 1 heterocycles. The van der Waals surface area contributed by atoms with Gasteiger partial charge >= 0.3 is 0 Å². The van der Waals surface area contributed by atoms with Crippen molar-refractivity contribution in [1.29, 1.82) is 0 Å². The molecule has 22 heavy (non-hydrogen) atoms. The monoisotopic (exact) mass is 338 g/mol. The number of rotatable bonds is 5. The second-order valence-corrected chi connectivity index (χ2v) is 7.83. The van der Waals surface area contributed by atoms with Gasteiger partial charge in [0.25, 0.3) is 5.91 Å². The van der Waals surface area contributed by atoms with E-state index in [4.69, 9.17) is 0 Å². The normalized spacial score (nSPS) is 11.2. The second-order valence-electron chi connectivity index (χ2n) is 4.94. The van der Waals surface area contributed by atoms with Gasteiger partial charge in [-0.25, -0.2) is 8.42 Å². The topological polar surface area (TPSA) is 75.3 Å². The molecule has 0 fully saturated rings. The lowest BCUT2D eigenvalue weighted by atomic mass is 10.2. The summed E-state index contributed by atoms with van der Waals surface area (Å²) in [5.74, 6) is -0.240. The van der Waals surface area contributed by atoms with E-state index >= 15 is 0 Å². The zero-order chi connectivity index (χ0) is 16.3. The molecule has 5 nitrogen and oxygen atoms in total. The number of aryl methyl sites for hydroxylation is 2. The number of thiophene rings is 1. The maximum absolute atomic E-state index is 12.3. The van der Waals surface area contributed by atoms with Gasteiger partial charge in [-0.2, -0.15) is 0 Å². The number of sulfonamides is 1. The van der Waals surface area contributed by atoms with Crippen molar-refractivity contribution in [3.8, 4) is 0 Å². The molecule has 0 spiro atoms. The average Bonchev–Trinajstić information content (AvgIpc) is 2.80. The number of nitrogens with one attached hydrogen (secondary N) is 2. The van der Waals surface area contributed by atoms with Crippen LogP contribution in [0.4, 0.5) is 11.4 Å². The Labute approximate surface area is 134 Å². The molecule has 0 bridgehead atoms. The lowest BCUT2D eigenvalue weighted by Crippen LogP contribution is -2.15. The minimum Gasteiger partial charge on any atom is -0.319 e. The van der Waals surface area contributed by atoms with E-state index in [0.29, 0.717) is 16.3 Å². The molecular formula is C15H18N2O3S2. The highest BCUT2D eigenvalue weighted by atomic mass is 32.2. The summed E-state index contributed by atoms with van der Waals surface area (Å²) in [5.41, 5.74) is 1.88. The largest absolute Gasteiger partial charge is 0.319 e. The van der Waals surface area contributed by atoms with E-state index in [1.54, 1.807) is 24.3 Å². The second kappa shape index (κ2) is 6.50. The van der Waals surface area contributed by atoms with E-state index in [0.717, 1.165) is 18.2 Å². The summed E-state index contributed by atoms with van der Waals surface area (Å²) in [4.78, 5) is 14.1. The maximum atomic E-state index is 12.3. The Balaban J connectivity index is 2.24. The number of carbonyl (C=O) groups excluding carboxylic acids is 1. The number of hydrogen-bond acceptors (Lipinski definition) is 4. The Bertz CT molecular complexity index is 795. The first-order valence-corrected chi connectivity index (χ1v) is 9.48. The number of carbonyl (C=O) groups is 1. The first-order valence-electron chi connectivity index (χ1n) is 6.77. The highest BCUT2D eigenvalue weighted by molar-refractivity contribution is 7.92. The van der Waals surface area contributed by atoms with Gasteiger partial charge in [-0.05, 0) is 37.1 Å². The third-order valence-electron chi connectivity index (χ3n) is 3.04. The van der Waals surface area contributed by atoms with Crippen LogP contribution in [0.25, 0.3) is 0 Å². The first kappa shape index (κ1) is 16.5. The first-order chi connectivity index (χ1) is 10.3. The summed E-state index contributed by atoms with van der Waals surface area (Å²) in [7, 11) is -3.41.